The molecule has 138 valence electrons. The summed E-state index contributed by atoms with van der Waals surface area (Å²) >= 11 is 0. The van der Waals surface area contributed by atoms with Gasteiger partial charge in [-0.1, -0.05) is 24.8 Å². The number of nitrogens with one attached hydrogen (secondary N) is 2. The summed E-state index contributed by atoms with van der Waals surface area (Å²) in [6, 6.07) is 15.5. The number of carbonyl (C=O) groups excluding carboxylic acids is 2. The van der Waals surface area contributed by atoms with Crippen LogP contribution in [0.5, 0.6) is 5.75 Å². The monoisotopic (exact) mass is 366 g/mol. The van der Waals surface area contributed by atoms with Crippen LogP contribution in [0.25, 0.3) is 16.5 Å². The molecule has 1 aromatic heterocycles. The van der Waals surface area contributed by atoms with E-state index >= 15 is 0 Å². The minimum absolute atomic E-state index is 0.241. The molecule has 0 fully saturated rings. The van der Waals surface area contributed by atoms with Crippen molar-refractivity contribution >= 4 is 28.4 Å². The first-order valence-corrected chi connectivity index (χ1v) is 8.22. The fraction of sp³-hybridized carbons (Fsp3) is 0.100. The van der Waals surface area contributed by atoms with Gasteiger partial charge in [0.25, 0.3) is 11.8 Å². The molecule has 0 saturated carbocycles. The predicted octanol–water partition coefficient (Wildman–Crippen LogP) is 2.76. The third-order valence-corrected chi connectivity index (χ3v) is 3.87. The van der Waals surface area contributed by atoms with Gasteiger partial charge in [-0.3, -0.25) is 14.8 Å². The lowest BCUT2D eigenvalue weighted by Gasteiger charge is -2.08. The van der Waals surface area contributed by atoms with Gasteiger partial charge in [0.05, 0.1) is 12.1 Å². The number of ether oxygens (including phenoxy) is 1. The van der Waals surface area contributed by atoms with Gasteiger partial charge in [0.1, 0.15) is 23.7 Å². The van der Waals surface area contributed by atoms with Crippen LogP contribution in [0.3, 0.4) is 0 Å². The molecule has 3 aromatic rings. The first kappa shape index (κ1) is 18.2. The van der Waals surface area contributed by atoms with Crippen molar-refractivity contribution in [2.45, 2.75) is 0 Å². The van der Waals surface area contributed by atoms with Gasteiger partial charge in [-0.25, -0.2) is 5.48 Å². The Morgan fingerprint density at radius 2 is 1.85 bits per heavy atom. The molecule has 0 atom stereocenters. The highest BCUT2D eigenvalue weighted by Gasteiger charge is 2.13. The van der Waals surface area contributed by atoms with Gasteiger partial charge < -0.3 is 14.5 Å². The molecule has 2 amide bonds. The average Bonchev–Trinajstić information content (AvgIpc) is 3.14. The number of benzene rings is 2. The molecular weight excluding hydrogens is 348 g/mol. The number of rotatable bonds is 7. The highest BCUT2D eigenvalue weighted by Crippen LogP contribution is 2.23. The van der Waals surface area contributed by atoms with Crippen molar-refractivity contribution in [2.75, 3.05) is 13.2 Å². The van der Waals surface area contributed by atoms with E-state index in [1.807, 2.05) is 24.3 Å². The van der Waals surface area contributed by atoms with Crippen LogP contribution < -0.4 is 15.5 Å². The number of hydroxylamine groups is 1. The lowest BCUT2D eigenvalue weighted by molar-refractivity contribution is -0.115. The Morgan fingerprint density at radius 1 is 1.11 bits per heavy atom. The van der Waals surface area contributed by atoms with Gasteiger partial charge in [-0.2, -0.15) is 0 Å². The third kappa shape index (κ3) is 4.34. The standard InChI is InChI=1S/C20H18N2O5/c1-13(18-12-15-4-2-3-5-17(15)27-18)19(23)21-10-11-26-16-8-6-14(7-9-16)20(24)22-25/h2-9,12,25H,1,10-11H2,(H,21,23)(H,22,24). The maximum Gasteiger partial charge on any atom is 0.274 e. The lowest BCUT2D eigenvalue weighted by atomic mass is 10.2. The molecule has 2 aromatic carbocycles. The maximum absolute atomic E-state index is 12.2. The fourth-order valence-electron chi connectivity index (χ4n) is 2.45. The highest BCUT2D eigenvalue weighted by molar-refractivity contribution is 6.18. The number of fused-ring (bicyclic) bond motifs is 1. The average molecular weight is 366 g/mol. The minimum atomic E-state index is -0.599. The number of hydrogen-bond acceptors (Lipinski definition) is 5. The maximum atomic E-state index is 12.2. The summed E-state index contributed by atoms with van der Waals surface area (Å²) in [6.07, 6.45) is 0. The molecule has 0 radical (unpaired) electrons. The van der Waals surface area contributed by atoms with Crippen molar-refractivity contribution in [3.63, 3.8) is 0 Å². The Bertz CT molecular complexity index is 942. The smallest absolute Gasteiger partial charge is 0.274 e. The Kier molecular flexibility index (Phi) is 5.53. The summed E-state index contributed by atoms with van der Waals surface area (Å²) in [6.45, 7) is 4.30. The molecule has 0 saturated heterocycles. The van der Waals surface area contributed by atoms with Gasteiger partial charge in [0.2, 0.25) is 0 Å². The van der Waals surface area contributed by atoms with Gasteiger partial charge in [-0.05, 0) is 36.4 Å². The zero-order chi connectivity index (χ0) is 19.2. The van der Waals surface area contributed by atoms with Gasteiger partial charge in [0.15, 0.2) is 0 Å². The summed E-state index contributed by atoms with van der Waals surface area (Å²) in [5, 5.41) is 12.2. The lowest BCUT2D eigenvalue weighted by Crippen LogP contribution is -2.28. The number of hydrogen-bond donors (Lipinski definition) is 3. The predicted molar refractivity (Wildman–Crippen MR) is 99.4 cm³/mol. The first-order valence-electron chi connectivity index (χ1n) is 8.22. The van der Waals surface area contributed by atoms with Crippen LogP contribution in [0.2, 0.25) is 0 Å². The van der Waals surface area contributed by atoms with Crippen LogP contribution in [-0.2, 0) is 4.79 Å². The number of carbonyl (C=O) groups is 2. The van der Waals surface area contributed by atoms with Crippen molar-refractivity contribution < 1.29 is 24.0 Å². The SMILES string of the molecule is C=C(C(=O)NCCOc1ccc(C(=O)NO)cc1)c1cc2ccccc2o1. The van der Waals surface area contributed by atoms with E-state index in [1.54, 1.807) is 23.7 Å². The molecule has 27 heavy (non-hydrogen) atoms. The first-order chi connectivity index (χ1) is 13.1. The summed E-state index contributed by atoms with van der Waals surface area (Å²) in [4.78, 5) is 23.4. The topological polar surface area (TPSA) is 101 Å². The summed E-state index contributed by atoms with van der Waals surface area (Å²) in [5.41, 5.74) is 2.80. The highest BCUT2D eigenvalue weighted by atomic mass is 16.5. The van der Waals surface area contributed by atoms with Crippen LogP contribution in [0.1, 0.15) is 16.1 Å². The zero-order valence-electron chi connectivity index (χ0n) is 14.4. The Morgan fingerprint density at radius 3 is 2.56 bits per heavy atom. The molecular formula is C20H18N2O5. The number of amides is 2. The normalized spacial score (nSPS) is 10.4. The molecule has 1 heterocycles. The van der Waals surface area contributed by atoms with E-state index in [1.165, 1.54) is 12.1 Å². The number of para-hydroxylation sites is 1. The molecule has 0 unspecified atom stereocenters. The molecule has 0 aliphatic heterocycles. The van der Waals surface area contributed by atoms with Crippen LogP contribution in [-0.4, -0.2) is 30.2 Å². The van der Waals surface area contributed by atoms with E-state index in [2.05, 4.69) is 11.9 Å². The Balaban J connectivity index is 1.47. The molecule has 0 spiro atoms. The van der Waals surface area contributed by atoms with Crippen molar-refractivity contribution in [1.29, 1.82) is 0 Å². The quantitative estimate of drug-likeness (QED) is 0.258. The zero-order valence-corrected chi connectivity index (χ0v) is 14.4. The summed E-state index contributed by atoms with van der Waals surface area (Å²) in [7, 11) is 0. The van der Waals surface area contributed by atoms with E-state index in [0.29, 0.717) is 22.7 Å². The van der Waals surface area contributed by atoms with E-state index in [4.69, 9.17) is 14.4 Å². The molecule has 0 aliphatic rings. The molecule has 3 rings (SSSR count). The summed E-state index contributed by atoms with van der Waals surface area (Å²) < 4.78 is 11.1. The molecule has 0 bridgehead atoms. The second-order valence-electron chi connectivity index (χ2n) is 5.70. The van der Waals surface area contributed by atoms with Crippen molar-refractivity contribution in [3.8, 4) is 5.75 Å². The van der Waals surface area contributed by atoms with E-state index in [9.17, 15) is 9.59 Å². The molecule has 3 N–H and O–H groups in total. The van der Waals surface area contributed by atoms with Gasteiger partial charge >= 0.3 is 0 Å². The Hall–Kier alpha value is -3.58. The van der Waals surface area contributed by atoms with Crippen molar-refractivity contribution in [2.24, 2.45) is 0 Å². The van der Waals surface area contributed by atoms with Crippen molar-refractivity contribution in [1.82, 2.24) is 10.8 Å². The Labute approximate surface area is 155 Å². The van der Waals surface area contributed by atoms with Crippen LogP contribution in [0.4, 0.5) is 0 Å². The molecule has 0 aliphatic carbocycles. The largest absolute Gasteiger partial charge is 0.492 e. The van der Waals surface area contributed by atoms with Gasteiger partial charge in [0, 0.05) is 10.9 Å². The van der Waals surface area contributed by atoms with Crippen LogP contribution in [0, 0.1) is 0 Å². The fourth-order valence-corrected chi connectivity index (χ4v) is 2.45. The second-order valence-corrected chi connectivity index (χ2v) is 5.70. The minimum Gasteiger partial charge on any atom is -0.492 e. The van der Waals surface area contributed by atoms with Crippen LogP contribution >= 0.6 is 0 Å². The van der Waals surface area contributed by atoms with E-state index < -0.39 is 5.91 Å². The summed E-state index contributed by atoms with van der Waals surface area (Å²) in [5.74, 6) is 0.0211. The van der Waals surface area contributed by atoms with Gasteiger partial charge in [-0.15, -0.1) is 0 Å². The van der Waals surface area contributed by atoms with Crippen molar-refractivity contribution in [3.05, 3.63) is 72.5 Å². The third-order valence-electron chi connectivity index (χ3n) is 3.87. The number of furan rings is 1. The molecule has 7 nitrogen and oxygen atoms in total. The van der Waals surface area contributed by atoms with E-state index in [0.717, 1.165) is 5.39 Å². The molecule has 7 heteroatoms. The second kappa shape index (κ2) is 8.20. The van der Waals surface area contributed by atoms with Crippen LogP contribution in [0.15, 0.2) is 65.6 Å². The van der Waals surface area contributed by atoms with E-state index in [-0.39, 0.29) is 24.6 Å².